The number of aromatic nitrogens is 2. The lowest BCUT2D eigenvalue weighted by Gasteiger charge is -2.33. The monoisotopic (exact) mass is 315 g/mol. The highest BCUT2D eigenvalue weighted by Gasteiger charge is 2.39. The van der Waals surface area contributed by atoms with Gasteiger partial charge in [0.2, 0.25) is 0 Å². The zero-order valence-electron chi connectivity index (χ0n) is 14.1. The van der Waals surface area contributed by atoms with Crippen LogP contribution in [0.25, 0.3) is 0 Å². The summed E-state index contributed by atoms with van der Waals surface area (Å²) in [5.74, 6) is 0. The molecule has 0 aliphatic carbocycles. The summed E-state index contributed by atoms with van der Waals surface area (Å²) < 4.78 is 25.4. The van der Waals surface area contributed by atoms with E-state index in [1.165, 1.54) is 6.26 Å². The van der Waals surface area contributed by atoms with E-state index in [1.54, 1.807) is 13.8 Å². The fourth-order valence-corrected chi connectivity index (χ4v) is 3.07. The Morgan fingerprint density at radius 2 is 2.00 bits per heavy atom. The Kier molecular flexibility index (Phi) is 5.99. The van der Waals surface area contributed by atoms with Crippen LogP contribution in [0.5, 0.6) is 0 Å². The van der Waals surface area contributed by atoms with Crippen LogP contribution >= 0.6 is 0 Å². The van der Waals surface area contributed by atoms with Crippen LogP contribution in [0.15, 0.2) is 6.07 Å². The van der Waals surface area contributed by atoms with Gasteiger partial charge in [0, 0.05) is 31.0 Å². The van der Waals surface area contributed by atoms with Crippen molar-refractivity contribution in [2.75, 3.05) is 12.8 Å². The van der Waals surface area contributed by atoms with Gasteiger partial charge in [-0.3, -0.25) is 4.68 Å². The van der Waals surface area contributed by atoms with Crippen molar-refractivity contribution in [1.82, 2.24) is 15.1 Å². The highest BCUT2D eigenvalue weighted by Crippen LogP contribution is 2.23. The van der Waals surface area contributed by atoms with Gasteiger partial charge in [-0.2, -0.15) is 5.10 Å². The quantitative estimate of drug-likeness (QED) is 0.796. The van der Waals surface area contributed by atoms with Crippen LogP contribution in [0, 0.1) is 6.92 Å². The van der Waals surface area contributed by atoms with Gasteiger partial charge >= 0.3 is 0 Å². The zero-order valence-corrected chi connectivity index (χ0v) is 14.9. The topological polar surface area (TPSA) is 64.0 Å². The Morgan fingerprint density at radius 3 is 2.48 bits per heavy atom. The molecule has 0 spiro atoms. The summed E-state index contributed by atoms with van der Waals surface area (Å²) in [6, 6.07) is 1.91. The summed E-state index contributed by atoms with van der Waals surface area (Å²) >= 11 is 0. The average molecular weight is 315 g/mol. The summed E-state index contributed by atoms with van der Waals surface area (Å²) in [5.41, 5.74) is 2.05. The molecular formula is C15H29N3O2S. The molecule has 1 unspecified atom stereocenters. The molecule has 0 fully saturated rings. The second kappa shape index (κ2) is 6.92. The summed E-state index contributed by atoms with van der Waals surface area (Å²) in [7, 11) is -3.16. The Hall–Kier alpha value is -0.880. The van der Waals surface area contributed by atoms with E-state index in [2.05, 4.69) is 17.3 Å². The van der Waals surface area contributed by atoms with Crippen molar-refractivity contribution in [2.24, 2.45) is 0 Å². The average Bonchev–Trinajstić information content (AvgIpc) is 2.73. The van der Waals surface area contributed by atoms with Gasteiger partial charge in [0.25, 0.3) is 0 Å². The number of nitrogens with one attached hydrogen (secondary N) is 1. The molecule has 0 saturated heterocycles. The number of rotatable bonds is 8. The second-order valence-corrected chi connectivity index (χ2v) is 8.78. The molecular weight excluding hydrogens is 286 g/mol. The molecule has 0 saturated carbocycles. The molecule has 0 amide bonds. The molecule has 0 radical (unpaired) electrons. The first-order valence-corrected chi connectivity index (χ1v) is 9.48. The summed E-state index contributed by atoms with van der Waals surface area (Å²) in [4.78, 5) is 0. The molecule has 5 nitrogen and oxygen atoms in total. The third kappa shape index (κ3) is 4.30. The van der Waals surface area contributed by atoms with Gasteiger partial charge in [0.05, 0.1) is 10.4 Å². The Bertz CT molecular complexity index is 561. The first kappa shape index (κ1) is 18.2. The third-order valence-corrected chi connectivity index (χ3v) is 6.33. The second-order valence-electron chi connectivity index (χ2n) is 6.18. The van der Waals surface area contributed by atoms with Crippen LogP contribution in [0.3, 0.4) is 0 Å². The fourth-order valence-electron chi connectivity index (χ4n) is 2.39. The number of nitrogens with zero attached hydrogens (tertiary/aromatic N) is 2. The van der Waals surface area contributed by atoms with Crippen LogP contribution in [0.1, 0.15) is 45.5 Å². The zero-order chi connectivity index (χ0) is 16.3. The van der Waals surface area contributed by atoms with E-state index >= 15 is 0 Å². The van der Waals surface area contributed by atoms with E-state index in [9.17, 15) is 8.42 Å². The van der Waals surface area contributed by atoms with E-state index in [-0.39, 0.29) is 6.04 Å². The molecule has 1 atom stereocenters. The lowest BCUT2D eigenvalue weighted by atomic mass is 9.97. The number of hydrogen-bond donors (Lipinski definition) is 1. The molecule has 1 N–H and O–H groups in total. The molecule has 122 valence electrons. The number of aryl methyl sites for hydroxylation is 2. The van der Waals surface area contributed by atoms with Crippen molar-refractivity contribution in [3.05, 3.63) is 17.5 Å². The van der Waals surface area contributed by atoms with Gasteiger partial charge in [-0.15, -0.1) is 0 Å². The van der Waals surface area contributed by atoms with E-state index in [0.29, 0.717) is 6.42 Å². The van der Waals surface area contributed by atoms with Gasteiger partial charge in [0.15, 0.2) is 9.84 Å². The molecule has 0 aliphatic heterocycles. The Morgan fingerprint density at radius 1 is 1.38 bits per heavy atom. The van der Waals surface area contributed by atoms with Crippen LogP contribution < -0.4 is 5.32 Å². The minimum absolute atomic E-state index is 0.131. The van der Waals surface area contributed by atoms with Crippen molar-refractivity contribution < 1.29 is 8.42 Å². The van der Waals surface area contributed by atoms with Gasteiger partial charge in [0.1, 0.15) is 0 Å². The Labute approximate surface area is 129 Å². The smallest absolute Gasteiger partial charge is 0.154 e. The van der Waals surface area contributed by atoms with Gasteiger partial charge < -0.3 is 5.32 Å². The molecule has 1 rings (SSSR count). The molecule has 0 aromatic carbocycles. The maximum absolute atomic E-state index is 12.1. The van der Waals surface area contributed by atoms with Crippen molar-refractivity contribution in [2.45, 2.75) is 64.8 Å². The van der Waals surface area contributed by atoms with Crippen molar-refractivity contribution in [1.29, 1.82) is 0 Å². The maximum Gasteiger partial charge on any atom is 0.154 e. The Balaban J connectivity index is 3.08. The molecule has 1 aromatic rings. The van der Waals surface area contributed by atoms with E-state index < -0.39 is 14.6 Å². The molecule has 0 aliphatic rings. The predicted octanol–water partition coefficient (Wildman–Crippen LogP) is 1.95. The highest BCUT2D eigenvalue weighted by atomic mass is 32.2. The molecule has 6 heteroatoms. The van der Waals surface area contributed by atoms with E-state index in [4.69, 9.17) is 0 Å². The van der Waals surface area contributed by atoms with E-state index in [1.807, 2.05) is 24.6 Å². The third-order valence-electron chi connectivity index (χ3n) is 4.13. The van der Waals surface area contributed by atoms with Crippen molar-refractivity contribution >= 4 is 9.84 Å². The fraction of sp³-hybridized carbons (Fsp3) is 0.800. The maximum atomic E-state index is 12.1. The van der Waals surface area contributed by atoms with Crippen LogP contribution in [-0.4, -0.2) is 41.8 Å². The summed E-state index contributed by atoms with van der Waals surface area (Å²) in [6.07, 6.45) is 2.95. The lowest BCUT2D eigenvalue weighted by molar-refractivity contribution is 0.397. The molecule has 1 aromatic heterocycles. The summed E-state index contributed by atoms with van der Waals surface area (Å²) in [6.45, 7) is 11.3. The summed E-state index contributed by atoms with van der Waals surface area (Å²) in [5, 5.41) is 7.85. The minimum atomic E-state index is -3.16. The SMILES string of the molecule is CCCNC(Cc1cc(C)nn1CC)C(C)(C)S(C)(=O)=O. The van der Waals surface area contributed by atoms with Gasteiger partial charge in [-0.05, 0) is 46.7 Å². The number of sulfone groups is 1. The molecule has 21 heavy (non-hydrogen) atoms. The molecule has 1 heterocycles. The van der Waals surface area contributed by atoms with E-state index in [0.717, 1.165) is 30.9 Å². The van der Waals surface area contributed by atoms with Gasteiger partial charge in [-0.1, -0.05) is 6.92 Å². The van der Waals surface area contributed by atoms with Crippen molar-refractivity contribution in [3.8, 4) is 0 Å². The highest BCUT2D eigenvalue weighted by molar-refractivity contribution is 7.92. The van der Waals surface area contributed by atoms with Crippen molar-refractivity contribution in [3.63, 3.8) is 0 Å². The standard InChI is InChI=1S/C15H29N3O2S/c1-7-9-16-14(15(4,5)21(6,19)20)11-13-10-12(3)17-18(13)8-2/h10,14,16H,7-9,11H2,1-6H3. The van der Waals surface area contributed by atoms with Crippen LogP contribution in [0.2, 0.25) is 0 Å². The predicted molar refractivity (Wildman–Crippen MR) is 87.3 cm³/mol. The first-order chi connectivity index (χ1) is 9.63. The van der Waals surface area contributed by atoms with Gasteiger partial charge in [-0.25, -0.2) is 8.42 Å². The lowest BCUT2D eigenvalue weighted by Crippen LogP contribution is -2.53. The van der Waals surface area contributed by atoms with Crippen LogP contribution in [-0.2, 0) is 22.8 Å². The number of hydrogen-bond acceptors (Lipinski definition) is 4. The normalized spacial score (nSPS) is 14.4. The van der Waals surface area contributed by atoms with Crippen LogP contribution in [0.4, 0.5) is 0 Å². The first-order valence-electron chi connectivity index (χ1n) is 7.59. The minimum Gasteiger partial charge on any atom is -0.312 e. The molecule has 0 bridgehead atoms. The largest absolute Gasteiger partial charge is 0.312 e.